The number of aryl methyl sites for hydroxylation is 3. The summed E-state index contributed by atoms with van der Waals surface area (Å²) in [6.07, 6.45) is 2.01. The third-order valence-electron chi connectivity index (χ3n) is 3.76. The van der Waals surface area contributed by atoms with Gasteiger partial charge in [0.1, 0.15) is 5.82 Å². The summed E-state index contributed by atoms with van der Waals surface area (Å²) >= 11 is 0. The zero-order chi connectivity index (χ0) is 15.4. The van der Waals surface area contributed by atoms with Crippen LogP contribution >= 0.6 is 0 Å². The molecule has 2 aromatic rings. The van der Waals surface area contributed by atoms with Crippen molar-refractivity contribution >= 4 is 5.82 Å². The maximum absolute atomic E-state index is 4.78. The first kappa shape index (κ1) is 15.5. The molecule has 0 radical (unpaired) electrons. The lowest BCUT2D eigenvalue weighted by Gasteiger charge is -2.14. The second-order valence-corrected chi connectivity index (χ2v) is 5.57. The van der Waals surface area contributed by atoms with Crippen LogP contribution in [0.15, 0.2) is 18.2 Å². The largest absolute Gasteiger partial charge is 0.370 e. The number of nitrogens with zero attached hydrogens (tertiary/aromatic N) is 2. The second kappa shape index (κ2) is 6.70. The molecule has 0 aliphatic rings. The molecule has 2 rings (SSSR count). The Morgan fingerprint density at radius 3 is 2.48 bits per heavy atom. The number of hydrogen-bond donors (Lipinski definition) is 1. The molecule has 21 heavy (non-hydrogen) atoms. The van der Waals surface area contributed by atoms with Gasteiger partial charge in [0.2, 0.25) is 0 Å². The number of anilines is 1. The molecule has 0 unspecified atom stereocenters. The summed E-state index contributed by atoms with van der Waals surface area (Å²) in [4.78, 5) is 9.55. The van der Waals surface area contributed by atoms with Gasteiger partial charge >= 0.3 is 0 Å². The maximum Gasteiger partial charge on any atom is 0.162 e. The second-order valence-electron chi connectivity index (χ2n) is 5.57. The molecule has 0 fully saturated rings. The van der Waals surface area contributed by atoms with Crippen LogP contribution in [0.4, 0.5) is 5.82 Å². The van der Waals surface area contributed by atoms with Crippen molar-refractivity contribution in [3.63, 3.8) is 0 Å². The molecular weight excluding hydrogens is 258 g/mol. The fraction of sp³-hybridized carbons (Fsp3) is 0.444. The van der Waals surface area contributed by atoms with E-state index in [0.29, 0.717) is 0 Å². The highest BCUT2D eigenvalue weighted by atomic mass is 15.0. The maximum atomic E-state index is 4.78. The molecule has 0 spiro atoms. The van der Waals surface area contributed by atoms with Crippen LogP contribution in [-0.2, 0) is 6.42 Å². The zero-order valence-corrected chi connectivity index (χ0v) is 13.7. The van der Waals surface area contributed by atoms with Gasteiger partial charge in [0, 0.05) is 23.4 Å². The quantitative estimate of drug-likeness (QED) is 0.880. The van der Waals surface area contributed by atoms with E-state index < -0.39 is 0 Å². The van der Waals surface area contributed by atoms with Crippen LogP contribution in [0.1, 0.15) is 42.7 Å². The number of hydrogen-bond acceptors (Lipinski definition) is 3. The number of nitrogens with one attached hydrogen (secondary N) is 1. The van der Waals surface area contributed by atoms with E-state index in [-0.39, 0.29) is 0 Å². The van der Waals surface area contributed by atoms with Crippen molar-refractivity contribution in [2.24, 2.45) is 0 Å². The Balaban J connectivity index is 2.55. The van der Waals surface area contributed by atoms with E-state index in [0.717, 1.165) is 42.3 Å². The lowest BCUT2D eigenvalue weighted by atomic mass is 10.0. The first-order valence-electron chi connectivity index (χ1n) is 7.75. The van der Waals surface area contributed by atoms with E-state index in [1.807, 2.05) is 0 Å². The van der Waals surface area contributed by atoms with E-state index in [9.17, 15) is 0 Å². The Bertz CT molecular complexity index is 633. The molecule has 0 aliphatic heterocycles. The average molecular weight is 283 g/mol. The van der Waals surface area contributed by atoms with E-state index >= 15 is 0 Å². The lowest BCUT2D eigenvalue weighted by molar-refractivity contribution is 0.936. The van der Waals surface area contributed by atoms with E-state index in [1.165, 1.54) is 16.7 Å². The number of rotatable bonds is 5. The predicted octanol–water partition coefficient (Wildman–Crippen LogP) is 4.45. The molecule has 0 atom stereocenters. The van der Waals surface area contributed by atoms with E-state index in [4.69, 9.17) is 9.97 Å². The van der Waals surface area contributed by atoms with Gasteiger partial charge in [-0.3, -0.25) is 0 Å². The highest BCUT2D eigenvalue weighted by molar-refractivity contribution is 5.64. The summed E-state index contributed by atoms with van der Waals surface area (Å²) in [7, 11) is 0. The summed E-state index contributed by atoms with van der Waals surface area (Å²) < 4.78 is 0. The Labute approximate surface area is 127 Å². The van der Waals surface area contributed by atoms with Gasteiger partial charge in [0.05, 0.1) is 0 Å². The summed E-state index contributed by atoms with van der Waals surface area (Å²) in [5, 5.41) is 3.43. The minimum Gasteiger partial charge on any atom is -0.370 e. The third-order valence-corrected chi connectivity index (χ3v) is 3.76. The monoisotopic (exact) mass is 283 g/mol. The van der Waals surface area contributed by atoms with Crippen LogP contribution < -0.4 is 5.32 Å². The van der Waals surface area contributed by atoms with Crippen LogP contribution in [0.25, 0.3) is 11.4 Å². The van der Waals surface area contributed by atoms with Crippen molar-refractivity contribution in [1.29, 1.82) is 0 Å². The smallest absolute Gasteiger partial charge is 0.162 e. The normalized spacial score (nSPS) is 10.7. The van der Waals surface area contributed by atoms with Gasteiger partial charge in [-0.05, 0) is 45.2 Å². The molecule has 112 valence electrons. The van der Waals surface area contributed by atoms with Gasteiger partial charge in [0.25, 0.3) is 0 Å². The fourth-order valence-electron chi connectivity index (χ4n) is 2.42. The van der Waals surface area contributed by atoms with Gasteiger partial charge in [0.15, 0.2) is 5.82 Å². The first-order valence-corrected chi connectivity index (χ1v) is 7.75. The first-order chi connectivity index (χ1) is 10.1. The van der Waals surface area contributed by atoms with Crippen molar-refractivity contribution < 1.29 is 0 Å². The van der Waals surface area contributed by atoms with Crippen molar-refractivity contribution in [3.05, 3.63) is 40.6 Å². The summed E-state index contributed by atoms with van der Waals surface area (Å²) in [5.41, 5.74) is 5.87. The van der Waals surface area contributed by atoms with Crippen molar-refractivity contribution in [2.75, 3.05) is 11.9 Å². The van der Waals surface area contributed by atoms with Crippen molar-refractivity contribution in [3.8, 4) is 11.4 Å². The topological polar surface area (TPSA) is 37.8 Å². The molecule has 1 aromatic carbocycles. The van der Waals surface area contributed by atoms with Crippen LogP contribution in [0.2, 0.25) is 0 Å². The van der Waals surface area contributed by atoms with Gasteiger partial charge in [-0.2, -0.15) is 0 Å². The highest BCUT2D eigenvalue weighted by Crippen LogP contribution is 2.25. The predicted molar refractivity (Wildman–Crippen MR) is 89.8 cm³/mol. The molecule has 0 bridgehead atoms. The van der Waals surface area contributed by atoms with Crippen molar-refractivity contribution in [2.45, 2.75) is 47.5 Å². The van der Waals surface area contributed by atoms with E-state index in [2.05, 4.69) is 58.1 Å². The molecule has 0 saturated carbocycles. The fourth-order valence-corrected chi connectivity index (χ4v) is 2.42. The van der Waals surface area contributed by atoms with Crippen LogP contribution in [0.5, 0.6) is 0 Å². The Morgan fingerprint density at radius 2 is 1.81 bits per heavy atom. The minimum atomic E-state index is 0.831. The molecule has 3 heteroatoms. The Morgan fingerprint density at radius 1 is 1.05 bits per heavy atom. The zero-order valence-electron chi connectivity index (χ0n) is 13.7. The number of benzene rings is 1. The number of aromatic nitrogens is 2. The van der Waals surface area contributed by atoms with Gasteiger partial charge in [-0.15, -0.1) is 0 Å². The summed E-state index contributed by atoms with van der Waals surface area (Å²) in [5.74, 6) is 1.80. The molecule has 1 N–H and O–H groups in total. The summed E-state index contributed by atoms with van der Waals surface area (Å²) in [6.45, 7) is 11.6. The molecule has 0 aliphatic carbocycles. The Kier molecular flexibility index (Phi) is 4.94. The highest BCUT2D eigenvalue weighted by Gasteiger charge is 2.12. The Hall–Kier alpha value is -1.90. The minimum absolute atomic E-state index is 0.831. The van der Waals surface area contributed by atoms with Crippen LogP contribution in [-0.4, -0.2) is 16.5 Å². The van der Waals surface area contributed by atoms with Gasteiger partial charge in [-0.25, -0.2) is 9.97 Å². The standard InChI is InChI=1S/C18H25N3/c1-6-10-19-17-14(5)16(7-2)20-18(21-17)15-11-12(3)8-9-13(15)4/h8-9,11H,6-7,10H2,1-5H3,(H,19,20,21). The molecule has 1 heterocycles. The summed E-state index contributed by atoms with van der Waals surface area (Å²) in [6, 6.07) is 6.44. The average Bonchev–Trinajstić information content (AvgIpc) is 2.48. The molecule has 1 aromatic heterocycles. The van der Waals surface area contributed by atoms with Gasteiger partial charge in [-0.1, -0.05) is 31.5 Å². The lowest BCUT2D eigenvalue weighted by Crippen LogP contribution is -2.09. The third kappa shape index (κ3) is 3.41. The van der Waals surface area contributed by atoms with Crippen molar-refractivity contribution in [1.82, 2.24) is 9.97 Å². The van der Waals surface area contributed by atoms with Crippen LogP contribution in [0, 0.1) is 20.8 Å². The molecule has 0 amide bonds. The van der Waals surface area contributed by atoms with Crippen LogP contribution in [0.3, 0.4) is 0 Å². The molecule has 0 saturated heterocycles. The molecular formula is C18H25N3. The van der Waals surface area contributed by atoms with Gasteiger partial charge < -0.3 is 5.32 Å². The van der Waals surface area contributed by atoms with E-state index in [1.54, 1.807) is 0 Å². The SMILES string of the molecule is CCCNc1nc(-c2cc(C)ccc2C)nc(CC)c1C. The molecule has 3 nitrogen and oxygen atoms in total.